The van der Waals surface area contributed by atoms with Crippen LogP contribution in [0.5, 0.6) is 0 Å². The molecule has 3 rings (SSSR count). The molecule has 0 saturated heterocycles. The Morgan fingerprint density at radius 1 is 1.11 bits per heavy atom. The van der Waals surface area contributed by atoms with E-state index in [4.69, 9.17) is 5.11 Å². The van der Waals surface area contributed by atoms with Gasteiger partial charge in [-0.15, -0.1) is 0 Å². The van der Waals surface area contributed by atoms with E-state index in [2.05, 4.69) is 33.9 Å². The number of aliphatic hydroxyl groups is 1. The van der Waals surface area contributed by atoms with Crippen LogP contribution in [0.25, 0.3) is 0 Å². The maximum atomic E-state index is 9.08. The number of rotatable bonds is 5. The number of nitrogens with zero attached hydrogens (tertiary/aromatic N) is 1. The van der Waals surface area contributed by atoms with E-state index in [9.17, 15) is 0 Å². The van der Waals surface area contributed by atoms with E-state index in [0.29, 0.717) is 6.04 Å². The zero-order chi connectivity index (χ0) is 12.4. The number of benzene rings is 1. The van der Waals surface area contributed by atoms with Gasteiger partial charge in [0, 0.05) is 18.3 Å². The second kappa shape index (κ2) is 5.12. The number of anilines is 1. The first kappa shape index (κ1) is 11.8. The van der Waals surface area contributed by atoms with Crippen molar-refractivity contribution in [3.8, 4) is 0 Å². The highest BCUT2D eigenvalue weighted by atomic mass is 32.1. The van der Waals surface area contributed by atoms with Gasteiger partial charge in [0.1, 0.15) is 0 Å². The molecule has 1 N–H and O–H groups in total. The molecule has 1 aromatic heterocycles. The van der Waals surface area contributed by atoms with Crippen LogP contribution in [0.15, 0.2) is 41.1 Å². The molecule has 0 amide bonds. The molecule has 18 heavy (non-hydrogen) atoms. The molecule has 0 spiro atoms. The summed E-state index contributed by atoms with van der Waals surface area (Å²) < 4.78 is 0. The second-order valence-electron chi connectivity index (χ2n) is 4.82. The van der Waals surface area contributed by atoms with Crippen LogP contribution < -0.4 is 4.90 Å². The van der Waals surface area contributed by atoms with E-state index >= 15 is 0 Å². The summed E-state index contributed by atoms with van der Waals surface area (Å²) in [5, 5.41) is 13.4. The van der Waals surface area contributed by atoms with Crippen LogP contribution in [0.1, 0.15) is 24.0 Å². The third kappa shape index (κ3) is 2.57. The number of hydrogen-bond donors (Lipinski definition) is 1. The first-order valence-electron chi connectivity index (χ1n) is 6.34. The van der Waals surface area contributed by atoms with Crippen molar-refractivity contribution >= 4 is 17.0 Å². The van der Waals surface area contributed by atoms with E-state index < -0.39 is 0 Å². The van der Waals surface area contributed by atoms with Crippen molar-refractivity contribution in [2.45, 2.75) is 32.0 Å². The summed E-state index contributed by atoms with van der Waals surface area (Å²) in [7, 11) is 0. The van der Waals surface area contributed by atoms with E-state index in [0.717, 1.165) is 12.1 Å². The molecular weight excluding hydrogens is 242 g/mol. The Balaban J connectivity index is 1.80. The minimum absolute atomic E-state index is 0.119. The largest absolute Gasteiger partial charge is 0.392 e. The van der Waals surface area contributed by atoms with Crippen molar-refractivity contribution in [1.29, 1.82) is 0 Å². The summed E-state index contributed by atoms with van der Waals surface area (Å²) in [5.41, 5.74) is 3.63. The molecule has 94 valence electrons. The molecule has 2 nitrogen and oxygen atoms in total. The quantitative estimate of drug-likeness (QED) is 0.889. The van der Waals surface area contributed by atoms with Gasteiger partial charge in [-0.25, -0.2) is 0 Å². The molecule has 1 heterocycles. The Morgan fingerprint density at radius 3 is 2.44 bits per heavy atom. The Morgan fingerprint density at radius 2 is 1.89 bits per heavy atom. The lowest BCUT2D eigenvalue weighted by atomic mass is 10.2. The topological polar surface area (TPSA) is 23.5 Å². The summed E-state index contributed by atoms with van der Waals surface area (Å²) in [6, 6.07) is 11.2. The first-order chi connectivity index (χ1) is 8.86. The predicted molar refractivity (Wildman–Crippen MR) is 75.9 cm³/mol. The van der Waals surface area contributed by atoms with Crippen molar-refractivity contribution in [3.05, 3.63) is 52.2 Å². The van der Waals surface area contributed by atoms with Crippen LogP contribution in [0.2, 0.25) is 0 Å². The van der Waals surface area contributed by atoms with Gasteiger partial charge in [0.15, 0.2) is 0 Å². The van der Waals surface area contributed by atoms with Crippen LogP contribution in [-0.4, -0.2) is 11.1 Å². The van der Waals surface area contributed by atoms with Gasteiger partial charge in [-0.1, -0.05) is 12.1 Å². The molecule has 0 aliphatic heterocycles. The summed E-state index contributed by atoms with van der Waals surface area (Å²) in [6.45, 7) is 1.11. The van der Waals surface area contributed by atoms with Gasteiger partial charge in [-0.2, -0.15) is 11.3 Å². The van der Waals surface area contributed by atoms with E-state index in [-0.39, 0.29) is 6.61 Å². The van der Waals surface area contributed by atoms with Crippen LogP contribution in [0.3, 0.4) is 0 Å². The molecule has 1 fully saturated rings. The number of aliphatic hydroxyl groups excluding tert-OH is 1. The van der Waals surface area contributed by atoms with E-state index in [1.54, 1.807) is 11.3 Å². The highest BCUT2D eigenvalue weighted by Crippen LogP contribution is 2.33. The Bertz CT molecular complexity index is 488. The van der Waals surface area contributed by atoms with Gasteiger partial charge in [0.05, 0.1) is 6.61 Å². The highest BCUT2D eigenvalue weighted by molar-refractivity contribution is 7.07. The van der Waals surface area contributed by atoms with Crippen LogP contribution >= 0.6 is 11.3 Å². The number of thiophene rings is 1. The molecule has 2 aromatic rings. The molecule has 0 unspecified atom stereocenters. The summed E-state index contributed by atoms with van der Waals surface area (Å²) >= 11 is 1.76. The number of hydrogen-bond acceptors (Lipinski definition) is 3. The molecule has 0 atom stereocenters. The molecule has 0 bridgehead atoms. The molecule has 1 saturated carbocycles. The summed E-state index contributed by atoms with van der Waals surface area (Å²) in [6.07, 6.45) is 2.60. The predicted octanol–water partition coefficient (Wildman–Crippen LogP) is 3.41. The SMILES string of the molecule is OCc1ccc(N(Cc2ccsc2)C2CC2)cc1. The van der Waals surface area contributed by atoms with Gasteiger partial charge in [0.25, 0.3) is 0 Å². The van der Waals surface area contributed by atoms with Gasteiger partial charge in [0.2, 0.25) is 0 Å². The fourth-order valence-electron chi connectivity index (χ4n) is 2.19. The average molecular weight is 259 g/mol. The summed E-state index contributed by atoms with van der Waals surface area (Å²) in [5.74, 6) is 0. The van der Waals surface area contributed by atoms with Crippen molar-refractivity contribution in [2.75, 3.05) is 4.90 Å². The molecule has 1 aliphatic carbocycles. The van der Waals surface area contributed by atoms with Crippen LogP contribution in [0.4, 0.5) is 5.69 Å². The van der Waals surface area contributed by atoms with Gasteiger partial charge in [-0.05, 0) is 52.9 Å². The molecule has 1 aromatic carbocycles. The highest BCUT2D eigenvalue weighted by Gasteiger charge is 2.29. The maximum absolute atomic E-state index is 9.08. The average Bonchev–Trinajstić information content (AvgIpc) is 3.13. The second-order valence-corrected chi connectivity index (χ2v) is 5.60. The van der Waals surface area contributed by atoms with Crippen molar-refractivity contribution < 1.29 is 5.11 Å². The van der Waals surface area contributed by atoms with Gasteiger partial charge >= 0.3 is 0 Å². The molecule has 1 aliphatic rings. The third-order valence-corrected chi connectivity index (χ3v) is 4.10. The third-order valence-electron chi connectivity index (χ3n) is 3.37. The smallest absolute Gasteiger partial charge is 0.0681 e. The summed E-state index contributed by atoms with van der Waals surface area (Å²) in [4.78, 5) is 2.48. The first-order valence-corrected chi connectivity index (χ1v) is 7.28. The standard InChI is InChI=1S/C15H17NOS/c17-10-12-1-3-14(4-2-12)16(15-5-6-15)9-13-7-8-18-11-13/h1-4,7-8,11,15,17H,5-6,9-10H2. The maximum Gasteiger partial charge on any atom is 0.0681 e. The van der Waals surface area contributed by atoms with Crippen LogP contribution in [-0.2, 0) is 13.2 Å². The Hall–Kier alpha value is -1.32. The van der Waals surface area contributed by atoms with Crippen molar-refractivity contribution in [1.82, 2.24) is 0 Å². The van der Waals surface area contributed by atoms with Crippen molar-refractivity contribution in [3.63, 3.8) is 0 Å². The normalized spacial score (nSPS) is 14.7. The molecule has 0 radical (unpaired) electrons. The fourth-order valence-corrected chi connectivity index (χ4v) is 2.85. The minimum atomic E-state index is 0.119. The lowest BCUT2D eigenvalue weighted by molar-refractivity contribution is 0.282. The van der Waals surface area contributed by atoms with E-state index in [1.807, 2.05) is 12.1 Å². The monoisotopic (exact) mass is 259 g/mol. The van der Waals surface area contributed by atoms with Crippen LogP contribution in [0, 0.1) is 0 Å². The zero-order valence-electron chi connectivity index (χ0n) is 10.2. The Kier molecular flexibility index (Phi) is 3.35. The van der Waals surface area contributed by atoms with Gasteiger partial charge < -0.3 is 10.0 Å². The molecule has 3 heteroatoms. The lowest BCUT2D eigenvalue weighted by Crippen LogP contribution is -2.24. The minimum Gasteiger partial charge on any atom is -0.392 e. The molecular formula is C15H17NOS. The Labute approximate surface area is 112 Å². The van der Waals surface area contributed by atoms with Crippen molar-refractivity contribution in [2.24, 2.45) is 0 Å². The zero-order valence-corrected chi connectivity index (χ0v) is 11.1. The van der Waals surface area contributed by atoms with E-state index in [1.165, 1.54) is 24.1 Å². The fraction of sp³-hybridized carbons (Fsp3) is 0.333. The van der Waals surface area contributed by atoms with Gasteiger partial charge in [-0.3, -0.25) is 0 Å². The lowest BCUT2D eigenvalue weighted by Gasteiger charge is -2.24.